The molecule has 0 aliphatic heterocycles. The number of carbonyl (C=O) groups excluding carboxylic acids is 1. The molecular weight excluding hydrogens is 250 g/mol. The highest BCUT2D eigenvalue weighted by Gasteiger charge is 2.15. The second-order valence-corrected chi connectivity index (χ2v) is 5.69. The van der Waals surface area contributed by atoms with Crippen molar-refractivity contribution in [1.29, 1.82) is 0 Å². The van der Waals surface area contributed by atoms with E-state index in [-0.39, 0.29) is 5.91 Å². The van der Waals surface area contributed by atoms with Crippen LogP contribution in [0, 0.1) is 5.92 Å². The summed E-state index contributed by atoms with van der Waals surface area (Å²) in [4.78, 5) is 15.2. The van der Waals surface area contributed by atoms with Gasteiger partial charge in [0.05, 0.1) is 11.2 Å². The van der Waals surface area contributed by atoms with Gasteiger partial charge in [0.15, 0.2) is 0 Å². The zero-order valence-electron chi connectivity index (χ0n) is 11.6. The number of aromatic nitrogens is 1. The van der Waals surface area contributed by atoms with Crippen LogP contribution in [0.2, 0.25) is 0 Å². The van der Waals surface area contributed by atoms with E-state index in [4.69, 9.17) is 5.73 Å². The van der Waals surface area contributed by atoms with Crippen molar-refractivity contribution in [3.05, 3.63) is 30.0 Å². The van der Waals surface area contributed by atoms with Gasteiger partial charge in [-0.1, -0.05) is 37.8 Å². The summed E-state index contributed by atoms with van der Waals surface area (Å²) in [5.41, 5.74) is 7.99. The summed E-state index contributed by atoms with van der Waals surface area (Å²) >= 11 is 0. The molecule has 1 saturated carbocycles. The SMILES string of the molecule is Nc1cccc2cc(C(=O)NCCC3CCCC3)[nH]c12. The predicted molar refractivity (Wildman–Crippen MR) is 81.6 cm³/mol. The number of nitrogen functional groups attached to an aromatic ring is 1. The Morgan fingerprint density at radius 3 is 2.90 bits per heavy atom. The van der Waals surface area contributed by atoms with E-state index in [2.05, 4.69) is 10.3 Å². The third-order valence-corrected chi connectivity index (χ3v) is 4.25. The standard InChI is InChI=1S/C16H21N3O/c17-13-7-3-6-12-10-14(19-15(12)13)16(20)18-9-8-11-4-1-2-5-11/h3,6-7,10-11,19H,1-2,4-5,8-9,17H2,(H,18,20). The fourth-order valence-electron chi connectivity index (χ4n) is 3.09. The van der Waals surface area contributed by atoms with E-state index in [1.807, 2.05) is 24.3 Å². The molecule has 106 valence electrons. The van der Waals surface area contributed by atoms with Crippen LogP contribution in [0.5, 0.6) is 0 Å². The second kappa shape index (κ2) is 5.57. The number of rotatable bonds is 4. The largest absolute Gasteiger partial charge is 0.397 e. The summed E-state index contributed by atoms with van der Waals surface area (Å²) in [6.07, 6.45) is 6.42. The summed E-state index contributed by atoms with van der Waals surface area (Å²) in [7, 11) is 0. The Bertz CT molecular complexity index is 611. The van der Waals surface area contributed by atoms with Crippen molar-refractivity contribution in [1.82, 2.24) is 10.3 Å². The van der Waals surface area contributed by atoms with Crippen LogP contribution in [0.4, 0.5) is 5.69 Å². The number of fused-ring (bicyclic) bond motifs is 1. The molecule has 20 heavy (non-hydrogen) atoms. The lowest BCUT2D eigenvalue weighted by Crippen LogP contribution is -2.25. The van der Waals surface area contributed by atoms with Gasteiger partial charge in [0.2, 0.25) is 0 Å². The number of amides is 1. The van der Waals surface area contributed by atoms with Gasteiger partial charge in [0, 0.05) is 11.9 Å². The highest BCUT2D eigenvalue weighted by molar-refractivity contribution is 6.00. The lowest BCUT2D eigenvalue weighted by atomic mass is 10.0. The van der Waals surface area contributed by atoms with E-state index >= 15 is 0 Å². The van der Waals surface area contributed by atoms with E-state index in [1.165, 1.54) is 25.7 Å². The fraction of sp³-hybridized carbons (Fsp3) is 0.438. The molecule has 3 rings (SSSR count). The monoisotopic (exact) mass is 271 g/mol. The number of hydrogen-bond acceptors (Lipinski definition) is 2. The molecule has 1 aromatic heterocycles. The van der Waals surface area contributed by atoms with Gasteiger partial charge in [-0.3, -0.25) is 4.79 Å². The van der Waals surface area contributed by atoms with Crippen LogP contribution in [-0.4, -0.2) is 17.4 Å². The first-order valence-electron chi connectivity index (χ1n) is 7.39. The Morgan fingerprint density at radius 1 is 1.35 bits per heavy atom. The molecule has 1 aliphatic rings. The lowest BCUT2D eigenvalue weighted by Gasteiger charge is -2.09. The number of benzene rings is 1. The zero-order valence-corrected chi connectivity index (χ0v) is 11.6. The number of hydrogen-bond donors (Lipinski definition) is 3. The van der Waals surface area contributed by atoms with E-state index in [0.717, 1.165) is 29.8 Å². The number of nitrogens with one attached hydrogen (secondary N) is 2. The first-order chi connectivity index (χ1) is 9.74. The summed E-state index contributed by atoms with van der Waals surface area (Å²) in [6.45, 7) is 0.758. The Hall–Kier alpha value is -1.97. The van der Waals surface area contributed by atoms with Crippen molar-refractivity contribution in [2.45, 2.75) is 32.1 Å². The van der Waals surface area contributed by atoms with Crippen molar-refractivity contribution in [3.8, 4) is 0 Å². The molecule has 1 amide bonds. The van der Waals surface area contributed by atoms with E-state index < -0.39 is 0 Å². The van der Waals surface area contributed by atoms with Gasteiger partial charge in [0.1, 0.15) is 5.69 Å². The molecule has 0 unspecified atom stereocenters. The average Bonchev–Trinajstić information content (AvgIpc) is 3.07. The van der Waals surface area contributed by atoms with Crippen molar-refractivity contribution >= 4 is 22.5 Å². The summed E-state index contributed by atoms with van der Waals surface area (Å²) in [6, 6.07) is 7.54. The molecule has 4 N–H and O–H groups in total. The summed E-state index contributed by atoms with van der Waals surface area (Å²) in [5, 5.41) is 3.97. The van der Waals surface area contributed by atoms with Gasteiger partial charge in [0.25, 0.3) is 5.91 Å². The van der Waals surface area contributed by atoms with Crippen LogP contribution < -0.4 is 11.1 Å². The van der Waals surface area contributed by atoms with Crippen molar-refractivity contribution in [2.75, 3.05) is 12.3 Å². The molecule has 4 heteroatoms. The van der Waals surface area contributed by atoms with Crippen molar-refractivity contribution in [3.63, 3.8) is 0 Å². The van der Waals surface area contributed by atoms with E-state index in [0.29, 0.717) is 11.4 Å². The van der Waals surface area contributed by atoms with Crippen LogP contribution >= 0.6 is 0 Å². The van der Waals surface area contributed by atoms with Gasteiger partial charge in [-0.2, -0.15) is 0 Å². The molecule has 4 nitrogen and oxygen atoms in total. The van der Waals surface area contributed by atoms with Crippen molar-refractivity contribution in [2.24, 2.45) is 5.92 Å². The number of carbonyl (C=O) groups is 1. The third kappa shape index (κ3) is 2.64. The Balaban J connectivity index is 1.61. The molecule has 0 spiro atoms. The lowest BCUT2D eigenvalue weighted by molar-refractivity contribution is 0.0947. The van der Waals surface area contributed by atoms with Crippen LogP contribution in [0.15, 0.2) is 24.3 Å². The third-order valence-electron chi connectivity index (χ3n) is 4.25. The smallest absolute Gasteiger partial charge is 0.267 e. The Labute approximate surface area is 118 Å². The maximum atomic E-state index is 12.1. The van der Waals surface area contributed by atoms with E-state index in [9.17, 15) is 4.79 Å². The number of H-pyrrole nitrogens is 1. The van der Waals surface area contributed by atoms with Gasteiger partial charge in [-0.05, 0) is 24.5 Å². The average molecular weight is 271 g/mol. The highest BCUT2D eigenvalue weighted by atomic mass is 16.1. The molecular formula is C16H21N3O. The quantitative estimate of drug-likeness (QED) is 0.748. The minimum absolute atomic E-state index is 0.0430. The number of aromatic amines is 1. The summed E-state index contributed by atoms with van der Waals surface area (Å²) in [5.74, 6) is 0.757. The molecule has 0 bridgehead atoms. The molecule has 1 fully saturated rings. The number of nitrogens with two attached hydrogens (primary N) is 1. The molecule has 1 heterocycles. The van der Waals surface area contributed by atoms with Gasteiger partial charge < -0.3 is 16.0 Å². The maximum absolute atomic E-state index is 12.1. The fourth-order valence-corrected chi connectivity index (χ4v) is 3.09. The second-order valence-electron chi connectivity index (χ2n) is 5.69. The molecule has 2 aromatic rings. The topological polar surface area (TPSA) is 70.9 Å². The van der Waals surface area contributed by atoms with Crippen LogP contribution in [0.3, 0.4) is 0 Å². The number of anilines is 1. The van der Waals surface area contributed by atoms with Gasteiger partial charge in [-0.25, -0.2) is 0 Å². The molecule has 1 aliphatic carbocycles. The van der Waals surface area contributed by atoms with E-state index in [1.54, 1.807) is 0 Å². The van der Waals surface area contributed by atoms with Gasteiger partial charge in [-0.15, -0.1) is 0 Å². The first-order valence-corrected chi connectivity index (χ1v) is 7.39. The maximum Gasteiger partial charge on any atom is 0.267 e. The summed E-state index contributed by atoms with van der Waals surface area (Å²) < 4.78 is 0. The first kappa shape index (κ1) is 13.0. The van der Waals surface area contributed by atoms with Crippen molar-refractivity contribution < 1.29 is 4.79 Å². The van der Waals surface area contributed by atoms with Gasteiger partial charge >= 0.3 is 0 Å². The minimum Gasteiger partial charge on any atom is -0.397 e. The minimum atomic E-state index is -0.0430. The predicted octanol–water partition coefficient (Wildman–Crippen LogP) is 3.06. The van der Waals surface area contributed by atoms with Crippen LogP contribution in [0.25, 0.3) is 10.9 Å². The highest BCUT2D eigenvalue weighted by Crippen LogP contribution is 2.27. The molecule has 0 saturated heterocycles. The normalized spacial score (nSPS) is 15.8. The van der Waals surface area contributed by atoms with Crippen LogP contribution in [-0.2, 0) is 0 Å². The molecule has 1 aromatic carbocycles. The molecule has 0 atom stereocenters. The Kier molecular flexibility index (Phi) is 3.63. The zero-order chi connectivity index (χ0) is 13.9. The van der Waals surface area contributed by atoms with Crippen LogP contribution in [0.1, 0.15) is 42.6 Å². The number of para-hydroxylation sites is 1. The Morgan fingerprint density at radius 2 is 2.15 bits per heavy atom. The molecule has 0 radical (unpaired) electrons.